The standard InChI is InChI=1S/C12H9ClF2N2/c1-6-9(14)3-2-7(12(6)15)11-4-10(16)8(13)5-17-11/h2-5H,1H3,(H2,16,17). The Bertz CT molecular complexity index is 585. The van der Waals surface area contributed by atoms with Crippen molar-refractivity contribution in [2.45, 2.75) is 6.92 Å². The number of nitrogens with two attached hydrogens (primary N) is 1. The van der Waals surface area contributed by atoms with Crippen LogP contribution in [0.25, 0.3) is 11.3 Å². The molecule has 0 atom stereocenters. The van der Waals surface area contributed by atoms with Crippen molar-refractivity contribution in [2.75, 3.05) is 5.73 Å². The van der Waals surface area contributed by atoms with Crippen LogP contribution in [0.1, 0.15) is 5.56 Å². The number of nitrogen functional groups attached to an aromatic ring is 1. The van der Waals surface area contributed by atoms with Crippen molar-refractivity contribution < 1.29 is 8.78 Å². The zero-order valence-corrected chi connectivity index (χ0v) is 9.72. The highest BCUT2D eigenvalue weighted by Gasteiger charge is 2.13. The number of benzene rings is 1. The minimum Gasteiger partial charge on any atom is -0.397 e. The predicted octanol–water partition coefficient (Wildman–Crippen LogP) is 3.57. The molecule has 1 aromatic heterocycles. The molecule has 1 aromatic carbocycles. The van der Waals surface area contributed by atoms with Crippen LogP contribution in [-0.2, 0) is 0 Å². The first-order valence-electron chi connectivity index (χ1n) is 4.86. The summed E-state index contributed by atoms with van der Waals surface area (Å²) in [4.78, 5) is 3.97. The number of pyridine rings is 1. The van der Waals surface area contributed by atoms with Gasteiger partial charge in [0.2, 0.25) is 0 Å². The summed E-state index contributed by atoms with van der Waals surface area (Å²) in [5, 5.41) is 0.299. The molecule has 0 saturated carbocycles. The van der Waals surface area contributed by atoms with Crippen LogP contribution in [0.5, 0.6) is 0 Å². The van der Waals surface area contributed by atoms with Crippen LogP contribution >= 0.6 is 11.6 Å². The van der Waals surface area contributed by atoms with Gasteiger partial charge in [-0.2, -0.15) is 0 Å². The lowest BCUT2D eigenvalue weighted by Gasteiger charge is -2.07. The Labute approximate surface area is 102 Å². The van der Waals surface area contributed by atoms with Crippen molar-refractivity contribution in [1.82, 2.24) is 4.98 Å². The summed E-state index contributed by atoms with van der Waals surface area (Å²) in [7, 11) is 0. The summed E-state index contributed by atoms with van der Waals surface area (Å²) in [6, 6.07) is 3.98. The lowest BCUT2D eigenvalue weighted by atomic mass is 10.1. The molecule has 0 radical (unpaired) electrons. The Morgan fingerprint density at radius 2 is 2.00 bits per heavy atom. The van der Waals surface area contributed by atoms with E-state index < -0.39 is 11.6 Å². The number of rotatable bonds is 1. The smallest absolute Gasteiger partial charge is 0.138 e. The van der Waals surface area contributed by atoms with Gasteiger partial charge in [-0.1, -0.05) is 11.6 Å². The Balaban J connectivity index is 2.61. The maximum absolute atomic E-state index is 13.8. The van der Waals surface area contributed by atoms with Gasteiger partial charge in [0, 0.05) is 17.3 Å². The molecule has 88 valence electrons. The summed E-state index contributed by atoms with van der Waals surface area (Å²) >= 11 is 5.72. The van der Waals surface area contributed by atoms with Gasteiger partial charge in [-0.25, -0.2) is 8.78 Å². The van der Waals surface area contributed by atoms with E-state index in [0.717, 1.165) is 0 Å². The van der Waals surface area contributed by atoms with Gasteiger partial charge in [0.05, 0.1) is 16.4 Å². The SMILES string of the molecule is Cc1c(F)ccc(-c2cc(N)c(Cl)cn2)c1F. The number of nitrogens with zero attached hydrogens (tertiary/aromatic N) is 1. The molecule has 2 aromatic rings. The Morgan fingerprint density at radius 3 is 2.65 bits per heavy atom. The first kappa shape index (κ1) is 11.8. The lowest BCUT2D eigenvalue weighted by molar-refractivity contribution is 0.570. The van der Waals surface area contributed by atoms with E-state index in [1.165, 1.54) is 31.3 Å². The fourth-order valence-corrected chi connectivity index (χ4v) is 1.56. The highest BCUT2D eigenvalue weighted by Crippen LogP contribution is 2.28. The third-order valence-corrected chi connectivity index (χ3v) is 2.80. The fourth-order valence-electron chi connectivity index (χ4n) is 1.46. The van der Waals surface area contributed by atoms with Crippen LogP contribution in [0, 0.1) is 18.6 Å². The zero-order valence-electron chi connectivity index (χ0n) is 8.97. The van der Waals surface area contributed by atoms with Crippen LogP contribution in [0.4, 0.5) is 14.5 Å². The van der Waals surface area contributed by atoms with Crippen molar-refractivity contribution in [2.24, 2.45) is 0 Å². The number of aromatic nitrogens is 1. The van der Waals surface area contributed by atoms with Crippen molar-refractivity contribution in [1.29, 1.82) is 0 Å². The zero-order chi connectivity index (χ0) is 12.6. The van der Waals surface area contributed by atoms with E-state index in [1.807, 2.05) is 0 Å². The first-order chi connectivity index (χ1) is 8.00. The summed E-state index contributed by atoms with van der Waals surface area (Å²) in [5.41, 5.74) is 6.40. The van der Waals surface area contributed by atoms with Crippen LogP contribution < -0.4 is 5.73 Å². The molecule has 0 unspecified atom stereocenters. The maximum Gasteiger partial charge on any atom is 0.138 e. The third kappa shape index (κ3) is 2.08. The van der Waals surface area contributed by atoms with Crippen LogP contribution in [-0.4, -0.2) is 4.98 Å². The minimum absolute atomic E-state index is 0.0437. The lowest BCUT2D eigenvalue weighted by Crippen LogP contribution is -1.96. The topological polar surface area (TPSA) is 38.9 Å². The largest absolute Gasteiger partial charge is 0.397 e. The van der Waals surface area contributed by atoms with Crippen molar-refractivity contribution in [3.05, 3.63) is 46.6 Å². The molecular formula is C12H9ClF2N2. The van der Waals surface area contributed by atoms with Gasteiger partial charge in [-0.15, -0.1) is 0 Å². The van der Waals surface area contributed by atoms with E-state index in [1.54, 1.807) is 0 Å². The molecule has 2 rings (SSSR count). The average molecular weight is 255 g/mol. The molecule has 0 amide bonds. The second-order valence-corrected chi connectivity index (χ2v) is 4.03. The second-order valence-electron chi connectivity index (χ2n) is 3.62. The van der Waals surface area contributed by atoms with Gasteiger partial charge >= 0.3 is 0 Å². The van der Waals surface area contributed by atoms with E-state index in [2.05, 4.69) is 4.98 Å². The molecular weight excluding hydrogens is 246 g/mol. The van der Waals surface area contributed by atoms with E-state index >= 15 is 0 Å². The quantitative estimate of drug-likeness (QED) is 0.845. The monoisotopic (exact) mass is 254 g/mol. The van der Waals surface area contributed by atoms with E-state index in [9.17, 15) is 8.78 Å². The Kier molecular flexibility index (Phi) is 2.98. The van der Waals surface area contributed by atoms with Crippen LogP contribution in [0.2, 0.25) is 5.02 Å². The van der Waals surface area contributed by atoms with E-state index in [4.69, 9.17) is 17.3 Å². The van der Waals surface area contributed by atoms with E-state index in [0.29, 0.717) is 16.4 Å². The van der Waals surface area contributed by atoms with Crippen LogP contribution in [0.3, 0.4) is 0 Å². The maximum atomic E-state index is 13.8. The fraction of sp³-hybridized carbons (Fsp3) is 0.0833. The molecule has 2 nitrogen and oxygen atoms in total. The predicted molar refractivity (Wildman–Crippen MR) is 63.7 cm³/mol. The van der Waals surface area contributed by atoms with Gasteiger partial charge in [0.1, 0.15) is 11.6 Å². The number of hydrogen-bond donors (Lipinski definition) is 1. The van der Waals surface area contributed by atoms with Crippen molar-refractivity contribution in [3.8, 4) is 11.3 Å². The Hall–Kier alpha value is -1.68. The number of anilines is 1. The second kappa shape index (κ2) is 4.30. The van der Waals surface area contributed by atoms with Gasteiger partial charge in [-0.05, 0) is 25.1 Å². The Morgan fingerprint density at radius 1 is 1.29 bits per heavy atom. The minimum atomic E-state index is -0.640. The summed E-state index contributed by atoms with van der Waals surface area (Å²) < 4.78 is 26.9. The molecule has 0 saturated heterocycles. The molecule has 1 heterocycles. The van der Waals surface area contributed by atoms with Gasteiger partial charge in [-0.3, -0.25) is 4.98 Å². The molecule has 0 aliphatic rings. The van der Waals surface area contributed by atoms with E-state index in [-0.39, 0.29) is 11.1 Å². The summed E-state index contributed by atoms with van der Waals surface area (Å²) in [6.07, 6.45) is 1.34. The van der Waals surface area contributed by atoms with Crippen molar-refractivity contribution >= 4 is 17.3 Å². The molecule has 5 heteroatoms. The van der Waals surface area contributed by atoms with Gasteiger partial charge in [0.25, 0.3) is 0 Å². The van der Waals surface area contributed by atoms with Gasteiger partial charge < -0.3 is 5.73 Å². The molecule has 0 fully saturated rings. The molecule has 0 spiro atoms. The van der Waals surface area contributed by atoms with Crippen LogP contribution in [0.15, 0.2) is 24.4 Å². The van der Waals surface area contributed by atoms with Crippen molar-refractivity contribution in [3.63, 3.8) is 0 Å². The normalized spacial score (nSPS) is 10.6. The first-order valence-corrected chi connectivity index (χ1v) is 5.24. The molecule has 0 aliphatic carbocycles. The number of halogens is 3. The van der Waals surface area contributed by atoms with Gasteiger partial charge in [0.15, 0.2) is 0 Å². The molecule has 0 aliphatic heterocycles. The highest BCUT2D eigenvalue weighted by molar-refractivity contribution is 6.32. The molecule has 0 bridgehead atoms. The average Bonchev–Trinajstić information content (AvgIpc) is 2.30. The summed E-state index contributed by atoms with van der Waals surface area (Å²) in [6.45, 7) is 1.37. The third-order valence-electron chi connectivity index (χ3n) is 2.48. The summed E-state index contributed by atoms with van der Waals surface area (Å²) in [5.74, 6) is -1.23. The number of hydrogen-bond acceptors (Lipinski definition) is 2. The highest BCUT2D eigenvalue weighted by atomic mass is 35.5. The molecule has 2 N–H and O–H groups in total. The molecule has 17 heavy (non-hydrogen) atoms.